The van der Waals surface area contributed by atoms with Crippen molar-refractivity contribution >= 4 is 15.7 Å². The monoisotopic (exact) mass is 298 g/mol. The van der Waals surface area contributed by atoms with Crippen molar-refractivity contribution in [2.75, 3.05) is 18.5 Å². The molecule has 0 amide bonds. The van der Waals surface area contributed by atoms with E-state index in [9.17, 15) is 13.5 Å². The van der Waals surface area contributed by atoms with Gasteiger partial charge in [-0.15, -0.1) is 0 Å². The molecular formula is C14H22N2O3S. The summed E-state index contributed by atoms with van der Waals surface area (Å²) in [6, 6.07) is 6.67. The molecule has 5 nitrogen and oxygen atoms in total. The van der Waals surface area contributed by atoms with E-state index in [2.05, 4.69) is 10.0 Å². The quantitative estimate of drug-likeness (QED) is 0.716. The van der Waals surface area contributed by atoms with E-state index in [1.54, 1.807) is 24.3 Å². The molecule has 0 unspecified atom stereocenters. The molecular weight excluding hydrogens is 276 g/mol. The molecule has 1 aromatic carbocycles. The fraction of sp³-hybridized carbons (Fsp3) is 0.571. The van der Waals surface area contributed by atoms with Crippen LogP contribution in [0.5, 0.6) is 0 Å². The Labute approximate surface area is 120 Å². The Balaban J connectivity index is 2.06. The van der Waals surface area contributed by atoms with E-state index in [0.29, 0.717) is 6.54 Å². The van der Waals surface area contributed by atoms with Crippen LogP contribution in [-0.2, 0) is 10.0 Å². The van der Waals surface area contributed by atoms with Gasteiger partial charge >= 0.3 is 0 Å². The van der Waals surface area contributed by atoms with Crippen LogP contribution in [0.3, 0.4) is 0 Å². The fourth-order valence-corrected chi connectivity index (χ4v) is 3.40. The Hall–Kier alpha value is -1.11. The second kappa shape index (κ2) is 6.11. The van der Waals surface area contributed by atoms with Crippen molar-refractivity contribution in [1.29, 1.82) is 0 Å². The molecule has 0 aliphatic heterocycles. The van der Waals surface area contributed by atoms with E-state index < -0.39 is 10.0 Å². The lowest BCUT2D eigenvalue weighted by Gasteiger charge is -2.41. The second-order valence-electron chi connectivity index (χ2n) is 5.34. The molecule has 1 aromatic rings. The summed E-state index contributed by atoms with van der Waals surface area (Å²) in [4.78, 5) is 0.267. The van der Waals surface area contributed by atoms with Crippen LogP contribution in [-0.4, -0.2) is 32.2 Å². The van der Waals surface area contributed by atoms with Crippen LogP contribution >= 0.6 is 0 Å². The highest BCUT2D eigenvalue weighted by molar-refractivity contribution is 7.89. The summed E-state index contributed by atoms with van der Waals surface area (Å²) in [6.07, 6.45) is 3.77. The molecule has 0 heterocycles. The van der Waals surface area contributed by atoms with Gasteiger partial charge in [-0.1, -0.05) is 6.92 Å². The minimum Gasteiger partial charge on any atom is -0.394 e. The molecule has 2 rings (SSSR count). The van der Waals surface area contributed by atoms with Gasteiger partial charge in [0.2, 0.25) is 10.0 Å². The van der Waals surface area contributed by atoms with E-state index in [-0.39, 0.29) is 17.0 Å². The van der Waals surface area contributed by atoms with E-state index >= 15 is 0 Å². The largest absolute Gasteiger partial charge is 0.394 e. The lowest BCUT2D eigenvalue weighted by Crippen LogP contribution is -2.48. The summed E-state index contributed by atoms with van der Waals surface area (Å²) in [7, 11) is -3.41. The summed E-state index contributed by atoms with van der Waals surface area (Å²) < 4.78 is 26.4. The van der Waals surface area contributed by atoms with Gasteiger partial charge in [-0.3, -0.25) is 0 Å². The number of benzene rings is 1. The molecule has 1 aliphatic rings. The summed E-state index contributed by atoms with van der Waals surface area (Å²) in [6.45, 7) is 2.46. The Morgan fingerprint density at radius 1 is 1.25 bits per heavy atom. The van der Waals surface area contributed by atoms with Crippen LogP contribution in [0.15, 0.2) is 29.2 Å². The smallest absolute Gasteiger partial charge is 0.240 e. The van der Waals surface area contributed by atoms with Crippen LogP contribution in [0, 0.1) is 0 Å². The van der Waals surface area contributed by atoms with E-state index in [1.807, 2.05) is 6.92 Å². The third-order valence-corrected chi connectivity index (χ3v) is 5.21. The van der Waals surface area contributed by atoms with Crippen molar-refractivity contribution in [2.45, 2.75) is 43.0 Å². The first-order chi connectivity index (χ1) is 9.51. The molecule has 0 spiro atoms. The Bertz CT molecular complexity index is 531. The van der Waals surface area contributed by atoms with Gasteiger partial charge in [0.05, 0.1) is 17.0 Å². The van der Waals surface area contributed by atoms with E-state index in [1.165, 1.54) is 0 Å². The molecule has 0 bridgehead atoms. The van der Waals surface area contributed by atoms with Gasteiger partial charge in [-0.25, -0.2) is 13.1 Å². The van der Waals surface area contributed by atoms with Gasteiger partial charge in [0.25, 0.3) is 0 Å². The van der Waals surface area contributed by atoms with Gasteiger partial charge < -0.3 is 10.4 Å². The molecule has 0 saturated heterocycles. The number of rotatable bonds is 7. The van der Waals surface area contributed by atoms with Crippen molar-refractivity contribution in [3.63, 3.8) is 0 Å². The first kappa shape index (κ1) is 15.3. The first-order valence-corrected chi connectivity index (χ1v) is 8.48. The molecule has 112 valence electrons. The number of aliphatic hydroxyl groups is 1. The molecule has 0 radical (unpaired) electrons. The van der Waals surface area contributed by atoms with Crippen molar-refractivity contribution in [1.82, 2.24) is 4.72 Å². The lowest BCUT2D eigenvalue weighted by atomic mass is 9.77. The number of hydrogen-bond acceptors (Lipinski definition) is 4. The predicted molar refractivity (Wildman–Crippen MR) is 79.2 cm³/mol. The van der Waals surface area contributed by atoms with Crippen molar-refractivity contribution in [3.8, 4) is 0 Å². The number of aliphatic hydroxyl groups excluding tert-OH is 1. The molecule has 1 aliphatic carbocycles. The van der Waals surface area contributed by atoms with Crippen LogP contribution in [0.2, 0.25) is 0 Å². The maximum atomic E-state index is 11.9. The van der Waals surface area contributed by atoms with Crippen molar-refractivity contribution in [3.05, 3.63) is 24.3 Å². The molecule has 1 saturated carbocycles. The van der Waals surface area contributed by atoms with Gasteiger partial charge in [0.15, 0.2) is 0 Å². The van der Waals surface area contributed by atoms with Gasteiger partial charge in [-0.2, -0.15) is 0 Å². The highest BCUT2D eigenvalue weighted by Gasteiger charge is 2.36. The zero-order valence-corrected chi connectivity index (χ0v) is 12.5. The third kappa shape index (κ3) is 3.31. The Kier molecular flexibility index (Phi) is 4.67. The van der Waals surface area contributed by atoms with Crippen LogP contribution < -0.4 is 10.0 Å². The second-order valence-corrected chi connectivity index (χ2v) is 7.11. The van der Waals surface area contributed by atoms with Gasteiger partial charge in [0.1, 0.15) is 0 Å². The maximum Gasteiger partial charge on any atom is 0.240 e. The van der Waals surface area contributed by atoms with Crippen molar-refractivity contribution in [2.24, 2.45) is 0 Å². The normalized spacial score (nSPS) is 17.5. The fourth-order valence-electron chi connectivity index (χ4n) is 2.27. The molecule has 20 heavy (non-hydrogen) atoms. The highest BCUT2D eigenvalue weighted by atomic mass is 32.2. The minimum atomic E-state index is -3.41. The van der Waals surface area contributed by atoms with Crippen LogP contribution in [0.4, 0.5) is 5.69 Å². The summed E-state index contributed by atoms with van der Waals surface area (Å²) >= 11 is 0. The van der Waals surface area contributed by atoms with E-state index in [4.69, 9.17) is 0 Å². The maximum absolute atomic E-state index is 11.9. The molecule has 1 fully saturated rings. The molecule has 0 atom stereocenters. The first-order valence-electron chi connectivity index (χ1n) is 7.00. The Morgan fingerprint density at radius 2 is 1.90 bits per heavy atom. The number of sulfonamides is 1. The number of anilines is 1. The third-order valence-electron chi connectivity index (χ3n) is 3.73. The average molecular weight is 298 g/mol. The highest BCUT2D eigenvalue weighted by Crippen LogP contribution is 2.34. The number of hydrogen-bond donors (Lipinski definition) is 3. The Morgan fingerprint density at radius 3 is 2.35 bits per heavy atom. The lowest BCUT2D eigenvalue weighted by molar-refractivity contribution is 0.144. The van der Waals surface area contributed by atoms with Gasteiger partial charge in [0, 0.05) is 12.2 Å². The minimum absolute atomic E-state index is 0.102. The SMILES string of the molecule is CCCNS(=O)(=O)c1ccc(NC2(CO)CCC2)cc1. The average Bonchev–Trinajstić information content (AvgIpc) is 2.41. The predicted octanol–water partition coefficient (Wildman–Crippen LogP) is 1.70. The van der Waals surface area contributed by atoms with Gasteiger partial charge in [-0.05, 0) is 49.9 Å². The van der Waals surface area contributed by atoms with Crippen molar-refractivity contribution < 1.29 is 13.5 Å². The topological polar surface area (TPSA) is 78.4 Å². The summed E-state index contributed by atoms with van der Waals surface area (Å²) in [5, 5.41) is 12.7. The summed E-state index contributed by atoms with van der Waals surface area (Å²) in [5.41, 5.74) is 0.620. The molecule has 0 aromatic heterocycles. The standard InChI is InChI=1S/C14H22N2O3S/c1-2-10-15-20(18,19)13-6-4-12(5-7-13)16-14(11-17)8-3-9-14/h4-7,15-17H,2-3,8-11H2,1H3. The van der Waals surface area contributed by atoms with Crippen LogP contribution in [0.25, 0.3) is 0 Å². The molecule has 3 N–H and O–H groups in total. The van der Waals surface area contributed by atoms with E-state index in [0.717, 1.165) is 31.4 Å². The molecule has 6 heteroatoms. The zero-order chi connectivity index (χ0) is 14.6. The zero-order valence-electron chi connectivity index (χ0n) is 11.7. The van der Waals surface area contributed by atoms with Crippen LogP contribution in [0.1, 0.15) is 32.6 Å². The number of nitrogens with one attached hydrogen (secondary N) is 2. The summed E-state index contributed by atoms with van der Waals surface area (Å²) in [5.74, 6) is 0.